The van der Waals surface area contributed by atoms with Crippen molar-refractivity contribution < 1.29 is 13.5 Å². The predicted octanol–water partition coefficient (Wildman–Crippen LogP) is 0.222. The Morgan fingerprint density at radius 3 is 2.70 bits per heavy atom. The van der Waals surface area contributed by atoms with Crippen molar-refractivity contribution in [3.8, 4) is 0 Å². The molecule has 8 heteroatoms. The second-order valence-corrected chi connectivity index (χ2v) is 6.95. The van der Waals surface area contributed by atoms with Gasteiger partial charge in [-0.2, -0.15) is 4.31 Å². The Labute approximate surface area is 125 Å². The molecule has 0 radical (unpaired) electrons. The fourth-order valence-electron chi connectivity index (χ4n) is 2.29. The number of hydrogen-bond acceptors (Lipinski definition) is 5. The minimum absolute atomic E-state index is 0. The first-order valence-electron chi connectivity index (χ1n) is 6.26. The molecule has 2 heterocycles. The van der Waals surface area contributed by atoms with Crippen molar-refractivity contribution in [1.82, 2.24) is 9.29 Å². The van der Waals surface area contributed by atoms with Gasteiger partial charge in [-0.1, -0.05) is 13.0 Å². The summed E-state index contributed by atoms with van der Waals surface area (Å²) in [5, 5.41) is 9.91. The summed E-state index contributed by atoms with van der Waals surface area (Å²) in [5.41, 5.74) is 5.83. The molecule has 1 aliphatic rings. The number of pyridine rings is 1. The largest absolute Gasteiger partial charge is 0.390 e. The van der Waals surface area contributed by atoms with Gasteiger partial charge < -0.3 is 10.8 Å². The van der Waals surface area contributed by atoms with Crippen LogP contribution in [0.15, 0.2) is 29.4 Å². The second-order valence-electron chi connectivity index (χ2n) is 5.06. The zero-order valence-corrected chi connectivity index (χ0v) is 12.8. The van der Waals surface area contributed by atoms with Crippen LogP contribution in [-0.2, 0) is 10.0 Å². The van der Waals surface area contributed by atoms with E-state index in [2.05, 4.69) is 4.98 Å². The van der Waals surface area contributed by atoms with Crippen molar-refractivity contribution in [3.63, 3.8) is 0 Å². The third-order valence-electron chi connectivity index (χ3n) is 3.32. The Bertz CT molecular complexity index is 526. The molecule has 1 saturated heterocycles. The van der Waals surface area contributed by atoms with Crippen molar-refractivity contribution in [1.29, 1.82) is 0 Å². The number of aliphatic hydroxyl groups is 1. The van der Waals surface area contributed by atoms with E-state index in [0.717, 1.165) is 0 Å². The maximum absolute atomic E-state index is 12.4. The highest BCUT2D eigenvalue weighted by Gasteiger charge is 2.34. The smallest absolute Gasteiger partial charge is 0.260 e. The van der Waals surface area contributed by atoms with Crippen LogP contribution < -0.4 is 5.73 Å². The van der Waals surface area contributed by atoms with Gasteiger partial charge in [0.2, 0.25) is 0 Å². The molecular weight excluding hydrogens is 302 g/mol. The molecule has 0 spiro atoms. The quantitative estimate of drug-likeness (QED) is 0.812. The molecule has 0 bridgehead atoms. The average molecular weight is 322 g/mol. The number of rotatable bonds is 2. The second kappa shape index (κ2) is 6.82. The van der Waals surface area contributed by atoms with Gasteiger partial charge in [-0.05, 0) is 24.5 Å². The Balaban J connectivity index is 0.00000200. The molecular formula is C12H20ClN3O3S. The SMILES string of the molecule is CC1CC(N)C(O)CN(S(=O)(=O)c2ccccn2)C1.Cl. The maximum atomic E-state index is 12.4. The summed E-state index contributed by atoms with van der Waals surface area (Å²) in [4.78, 5) is 3.88. The lowest BCUT2D eigenvalue weighted by molar-refractivity contribution is 0.130. The van der Waals surface area contributed by atoms with Gasteiger partial charge in [0, 0.05) is 25.3 Å². The Kier molecular flexibility index (Phi) is 5.91. The molecule has 6 nitrogen and oxygen atoms in total. The number of sulfonamides is 1. The van der Waals surface area contributed by atoms with E-state index in [-0.39, 0.29) is 35.9 Å². The highest BCUT2D eigenvalue weighted by molar-refractivity contribution is 7.89. The molecule has 2 rings (SSSR count). The molecule has 1 fully saturated rings. The number of nitrogens with two attached hydrogens (primary N) is 1. The molecule has 0 aliphatic carbocycles. The van der Waals surface area contributed by atoms with E-state index < -0.39 is 16.1 Å². The topological polar surface area (TPSA) is 96.5 Å². The van der Waals surface area contributed by atoms with E-state index in [1.54, 1.807) is 12.1 Å². The van der Waals surface area contributed by atoms with Gasteiger partial charge in [0.1, 0.15) is 0 Å². The van der Waals surface area contributed by atoms with Gasteiger partial charge in [0.25, 0.3) is 10.0 Å². The summed E-state index contributed by atoms with van der Waals surface area (Å²) in [6, 6.07) is 4.36. The highest BCUT2D eigenvalue weighted by Crippen LogP contribution is 2.21. The van der Waals surface area contributed by atoms with Crippen molar-refractivity contribution in [3.05, 3.63) is 24.4 Å². The van der Waals surface area contributed by atoms with Crippen LogP contribution in [0.2, 0.25) is 0 Å². The zero-order chi connectivity index (χ0) is 14.0. The summed E-state index contributed by atoms with van der Waals surface area (Å²) in [5.74, 6) is 0.102. The average Bonchev–Trinajstić information content (AvgIpc) is 2.50. The summed E-state index contributed by atoms with van der Waals surface area (Å²) in [7, 11) is -3.67. The van der Waals surface area contributed by atoms with Crippen LogP contribution in [0, 0.1) is 5.92 Å². The summed E-state index contributed by atoms with van der Waals surface area (Å²) >= 11 is 0. The van der Waals surface area contributed by atoms with Crippen LogP contribution in [0.25, 0.3) is 0 Å². The molecule has 1 aliphatic heterocycles. The number of hydrogen-bond donors (Lipinski definition) is 2. The van der Waals surface area contributed by atoms with E-state index in [4.69, 9.17) is 5.73 Å². The van der Waals surface area contributed by atoms with E-state index in [9.17, 15) is 13.5 Å². The third-order valence-corrected chi connectivity index (χ3v) is 5.06. The fourth-order valence-corrected chi connectivity index (χ4v) is 3.80. The predicted molar refractivity (Wildman–Crippen MR) is 78.0 cm³/mol. The lowest BCUT2D eigenvalue weighted by Gasteiger charge is -2.23. The Hall–Kier alpha value is -0.730. The first-order valence-corrected chi connectivity index (χ1v) is 7.70. The highest BCUT2D eigenvalue weighted by atomic mass is 35.5. The van der Waals surface area contributed by atoms with Gasteiger partial charge in [0.05, 0.1) is 6.10 Å². The zero-order valence-electron chi connectivity index (χ0n) is 11.2. The van der Waals surface area contributed by atoms with Gasteiger partial charge in [-0.15, -0.1) is 12.4 Å². The normalized spacial score (nSPS) is 28.4. The van der Waals surface area contributed by atoms with Crippen molar-refractivity contribution in [2.24, 2.45) is 11.7 Å². The number of β-amino-alcohol motifs (C(OH)–C–C–N with tert-alkyl or cyclic N) is 1. The first kappa shape index (κ1) is 17.3. The molecule has 0 saturated carbocycles. The summed E-state index contributed by atoms with van der Waals surface area (Å²) < 4.78 is 26.2. The lowest BCUT2D eigenvalue weighted by Crippen LogP contribution is -2.42. The van der Waals surface area contributed by atoms with E-state index >= 15 is 0 Å². The van der Waals surface area contributed by atoms with Crippen LogP contribution in [0.3, 0.4) is 0 Å². The number of aromatic nitrogens is 1. The van der Waals surface area contributed by atoms with Crippen molar-refractivity contribution >= 4 is 22.4 Å². The first-order chi connectivity index (χ1) is 8.91. The lowest BCUT2D eigenvalue weighted by atomic mass is 10.0. The van der Waals surface area contributed by atoms with Gasteiger partial charge in [-0.25, -0.2) is 13.4 Å². The van der Waals surface area contributed by atoms with E-state index in [1.165, 1.54) is 16.6 Å². The molecule has 0 amide bonds. The summed E-state index contributed by atoms with van der Waals surface area (Å²) in [6.07, 6.45) is 1.20. The van der Waals surface area contributed by atoms with Crippen molar-refractivity contribution in [2.45, 2.75) is 30.5 Å². The number of nitrogens with zero attached hydrogens (tertiary/aromatic N) is 2. The monoisotopic (exact) mass is 321 g/mol. The number of aliphatic hydroxyl groups excluding tert-OH is 1. The molecule has 1 aromatic heterocycles. The molecule has 114 valence electrons. The third kappa shape index (κ3) is 3.67. The van der Waals surface area contributed by atoms with E-state index in [0.29, 0.717) is 13.0 Å². The van der Waals surface area contributed by atoms with Crippen LogP contribution in [0.1, 0.15) is 13.3 Å². The van der Waals surface area contributed by atoms with Crippen LogP contribution in [0.4, 0.5) is 0 Å². The molecule has 3 unspecified atom stereocenters. The van der Waals surface area contributed by atoms with Crippen LogP contribution in [0.5, 0.6) is 0 Å². The summed E-state index contributed by atoms with van der Waals surface area (Å²) in [6.45, 7) is 2.30. The molecule has 1 aromatic rings. The van der Waals surface area contributed by atoms with Gasteiger partial charge in [0.15, 0.2) is 5.03 Å². The molecule has 3 N–H and O–H groups in total. The van der Waals surface area contributed by atoms with E-state index in [1.807, 2.05) is 6.92 Å². The fraction of sp³-hybridized carbons (Fsp3) is 0.583. The van der Waals surface area contributed by atoms with Crippen LogP contribution >= 0.6 is 12.4 Å². The molecule has 20 heavy (non-hydrogen) atoms. The van der Waals surface area contributed by atoms with Crippen LogP contribution in [-0.4, -0.2) is 48.0 Å². The van der Waals surface area contributed by atoms with Gasteiger partial charge in [-0.3, -0.25) is 0 Å². The van der Waals surface area contributed by atoms with Crippen molar-refractivity contribution in [2.75, 3.05) is 13.1 Å². The number of halogens is 1. The van der Waals surface area contributed by atoms with Gasteiger partial charge >= 0.3 is 0 Å². The Morgan fingerprint density at radius 2 is 2.10 bits per heavy atom. The maximum Gasteiger partial charge on any atom is 0.260 e. The minimum atomic E-state index is -3.67. The minimum Gasteiger partial charge on any atom is -0.390 e. The molecule has 3 atom stereocenters. The molecule has 0 aromatic carbocycles. The Morgan fingerprint density at radius 1 is 1.40 bits per heavy atom. The standard InChI is InChI=1S/C12H19N3O3S.ClH/c1-9-6-10(13)11(16)8-15(7-9)19(17,18)12-4-2-3-5-14-12;/h2-5,9-11,16H,6-8,13H2,1H3;1H.